The Balaban J connectivity index is 1.54. The van der Waals surface area contributed by atoms with Crippen molar-refractivity contribution >= 4 is 46.8 Å². The molecule has 3 aliphatic heterocycles. The number of aliphatic hydroxyl groups is 1. The van der Waals surface area contributed by atoms with Crippen LogP contribution in [0.4, 0.5) is 5.69 Å². The first-order valence-corrected chi connectivity index (χ1v) is 16.6. The zero-order valence-electron chi connectivity index (χ0n) is 25.4. The maximum absolute atomic E-state index is 14.7. The van der Waals surface area contributed by atoms with Crippen molar-refractivity contribution in [2.24, 2.45) is 11.8 Å². The molecule has 0 radical (unpaired) electrons. The van der Waals surface area contributed by atoms with E-state index in [-0.39, 0.29) is 30.9 Å². The van der Waals surface area contributed by atoms with Crippen LogP contribution in [0.5, 0.6) is 0 Å². The number of halogens is 1. The number of anilines is 1. The van der Waals surface area contributed by atoms with Crippen LogP contribution in [0, 0.1) is 11.8 Å². The number of aliphatic hydroxyl groups excluding tert-OH is 1. The van der Waals surface area contributed by atoms with E-state index in [0.29, 0.717) is 49.6 Å². The van der Waals surface area contributed by atoms with Crippen LogP contribution in [0.2, 0.25) is 5.02 Å². The standard InChI is InChI=1S/C35H42ClN3O4S/c1-4-20-37(24-25-12-8-6-9-13-25)31(41)28-29-32(42)39(22-10-7-11-23-40)30(35(29)19-18-34(28,3)44-35)33(43)38(21-5-2)27-16-14-26(36)15-17-27/h4-6,8-9,12-17,28-30,40H,1-2,7,10-11,18-24H2,3H3/t28-,29-,30?,34+,35?/m0/s1. The minimum Gasteiger partial charge on any atom is -0.396 e. The summed E-state index contributed by atoms with van der Waals surface area (Å²) in [4.78, 5) is 49.1. The van der Waals surface area contributed by atoms with E-state index in [1.807, 2.05) is 42.5 Å². The highest BCUT2D eigenvalue weighted by molar-refractivity contribution is 8.02. The third-order valence-corrected chi connectivity index (χ3v) is 11.7. The summed E-state index contributed by atoms with van der Waals surface area (Å²) in [5.74, 6) is -1.50. The van der Waals surface area contributed by atoms with Gasteiger partial charge in [-0.3, -0.25) is 14.4 Å². The van der Waals surface area contributed by atoms with Crippen LogP contribution in [-0.2, 0) is 20.9 Å². The number of thioether (sulfide) groups is 1. The Hall–Kier alpha value is -3.07. The van der Waals surface area contributed by atoms with E-state index in [9.17, 15) is 19.5 Å². The summed E-state index contributed by atoms with van der Waals surface area (Å²) >= 11 is 7.85. The number of amides is 3. The van der Waals surface area contributed by atoms with Crippen molar-refractivity contribution in [1.82, 2.24) is 9.80 Å². The van der Waals surface area contributed by atoms with E-state index < -0.39 is 27.4 Å². The third-order valence-electron chi connectivity index (χ3n) is 9.43. The number of likely N-dealkylation sites (tertiary alicyclic amines) is 1. The summed E-state index contributed by atoms with van der Waals surface area (Å²) in [7, 11) is 0. The van der Waals surface area contributed by atoms with E-state index in [1.54, 1.807) is 50.7 Å². The lowest BCUT2D eigenvalue weighted by atomic mass is 9.66. The van der Waals surface area contributed by atoms with Gasteiger partial charge in [-0.1, -0.05) is 54.1 Å². The van der Waals surface area contributed by atoms with Crippen molar-refractivity contribution in [3.8, 4) is 0 Å². The second-order valence-electron chi connectivity index (χ2n) is 12.3. The third kappa shape index (κ3) is 5.84. The number of rotatable bonds is 14. The van der Waals surface area contributed by atoms with Gasteiger partial charge in [-0.15, -0.1) is 24.9 Å². The fourth-order valence-corrected chi connectivity index (χ4v) is 9.97. The van der Waals surface area contributed by atoms with Crippen molar-refractivity contribution in [2.75, 3.05) is 31.1 Å². The Labute approximate surface area is 269 Å². The van der Waals surface area contributed by atoms with Gasteiger partial charge in [0.2, 0.25) is 11.8 Å². The first kappa shape index (κ1) is 32.3. The lowest BCUT2D eigenvalue weighted by Gasteiger charge is -2.38. The molecule has 1 spiro atoms. The zero-order chi connectivity index (χ0) is 31.5. The molecule has 3 heterocycles. The molecule has 2 bridgehead atoms. The lowest BCUT2D eigenvalue weighted by Crippen LogP contribution is -2.55. The van der Waals surface area contributed by atoms with Gasteiger partial charge in [0.05, 0.1) is 16.6 Å². The van der Waals surface area contributed by atoms with Crippen molar-refractivity contribution in [1.29, 1.82) is 0 Å². The van der Waals surface area contributed by atoms with Gasteiger partial charge in [-0.25, -0.2) is 0 Å². The van der Waals surface area contributed by atoms with Crippen LogP contribution in [-0.4, -0.2) is 74.4 Å². The molecule has 7 nitrogen and oxygen atoms in total. The van der Waals surface area contributed by atoms with Crippen LogP contribution in [0.3, 0.4) is 0 Å². The summed E-state index contributed by atoms with van der Waals surface area (Å²) in [5, 5.41) is 9.93. The molecule has 1 N–H and O–H groups in total. The number of benzene rings is 2. The number of carbonyl (C=O) groups excluding carboxylic acids is 3. The average molecular weight is 636 g/mol. The van der Waals surface area contributed by atoms with E-state index in [4.69, 9.17) is 11.6 Å². The number of nitrogens with zero attached hydrogens (tertiary/aromatic N) is 3. The van der Waals surface area contributed by atoms with Gasteiger partial charge in [0.15, 0.2) is 0 Å². The predicted molar refractivity (Wildman–Crippen MR) is 177 cm³/mol. The van der Waals surface area contributed by atoms with Crippen molar-refractivity contribution in [3.63, 3.8) is 0 Å². The van der Waals surface area contributed by atoms with Crippen molar-refractivity contribution < 1.29 is 19.5 Å². The number of hydrogen-bond donors (Lipinski definition) is 1. The van der Waals surface area contributed by atoms with Crippen molar-refractivity contribution in [3.05, 3.63) is 90.5 Å². The number of carbonyl (C=O) groups is 3. The Morgan fingerprint density at radius 2 is 1.73 bits per heavy atom. The highest BCUT2D eigenvalue weighted by atomic mass is 35.5. The molecule has 3 fully saturated rings. The van der Waals surface area contributed by atoms with Crippen LogP contribution in [0.15, 0.2) is 79.9 Å². The molecule has 0 aliphatic carbocycles. The molecular weight excluding hydrogens is 594 g/mol. The summed E-state index contributed by atoms with van der Waals surface area (Å²) in [6.07, 6.45) is 6.88. The largest absolute Gasteiger partial charge is 0.396 e. The molecule has 3 amide bonds. The molecule has 3 aliphatic rings. The normalized spacial score (nSPS) is 26.8. The highest BCUT2D eigenvalue weighted by Crippen LogP contribution is 2.71. The number of hydrogen-bond acceptors (Lipinski definition) is 5. The molecule has 2 aromatic carbocycles. The minimum atomic E-state index is -0.726. The van der Waals surface area contributed by atoms with Gasteiger partial charge in [-0.05, 0) is 68.9 Å². The van der Waals surface area contributed by atoms with Crippen LogP contribution in [0.1, 0.15) is 44.6 Å². The maximum Gasteiger partial charge on any atom is 0.251 e. The average Bonchev–Trinajstić information content (AvgIpc) is 3.59. The van der Waals surface area contributed by atoms with Crippen LogP contribution in [0.25, 0.3) is 0 Å². The minimum absolute atomic E-state index is 0.0577. The highest BCUT2D eigenvalue weighted by Gasteiger charge is 2.77. The molecule has 44 heavy (non-hydrogen) atoms. The van der Waals surface area contributed by atoms with Gasteiger partial charge in [0.25, 0.3) is 5.91 Å². The van der Waals surface area contributed by atoms with E-state index in [2.05, 4.69) is 20.1 Å². The van der Waals surface area contributed by atoms with E-state index >= 15 is 0 Å². The number of unbranched alkanes of at least 4 members (excludes halogenated alkanes) is 2. The monoisotopic (exact) mass is 635 g/mol. The Kier molecular flexibility index (Phi) is 9.93. The molecule has 3 saturated heterocycles. The first-order valence-electron chi connectivity index (χ1n) is 15.4. The second kappa shape index (κ2) is 13.5. The molecular formula is C35H42ClN3O4S. The molecule has 0 aromatic heterocycles. The molecule has 234 valence electrons. The Morgan fingerprint density at radius 1 is 1.02 bits per heavy atom. The zero-order valence-corrected chi connectivity index (χ0v) is 26.9. The van der Waals surface area contributed by atoms with Crippen molar-refractivity contribution in [2.45, 2.75) is 61.1 Å². The second-order valence-corrected chi connectivity index (χ2v) is 14.6. The maximum atomic E-state index is 14.7. The van der Waals surface area contributed by atoms with Gasteiger partial charge in [0, 0.05) is 48.2 Å². The molecule has 2 unspecified atom stereocenters. The topological polar surface area (TPSA) is 81.2 Å². The van der Waals surface area contributed by atoms with E-state index in [1.165, 1.54) is 0 Å². The fourth-order valence-electron chi connectivity index (χ4n) is 7.50. The van der Waals surface area contributed by atoms with Gasteiger partial charge >= 0.3 is 0 Å². The Bertz CT molecular complexity index is 1390. The predicted octanol–water partition coefficient (Wildman–Crippen LogP) is 5.72. The molecule has 9 heteroatoms. The fraction of sp³-hybridized carbons (Fsp3) is 0.457. The quantitative estimate of drug-likeness (QED) is 0.212. The number of fused-ring (bicyclic) bond motifs is 1. The summed E-state index contributed by atoms with van der Waals surface area (Å²) < 4.78 is -1.20. The SMILES string of the molecule is C=CCN(Cc1ccccc1)C(=O)[C@@H]1[C@H]2C(=O)N(CCCCCO)C(C(=O)N(CC=C)c3ccc(Cl)cc3)C23CC[C@@]1(C)S3. The smallest absolute Gasteiger partial charge is 0.251 e. The Morgan fingerprint density at radius 3 is 2.39 bits per heavy atom. The summed E-state index contributed by atoms with van der Waals surface area (Å²) in [6, 6.07) is 16.2. The van der Waals surface area contributed by atoms with E-state index in [0.717, 1.165) is 18.4 Å². The summed E-state index contributed by atoms with van der Waals surface area (Å²) in [5.41, 5.74) is 1.70. The molecule has 5 rings (SSSR count). The van der Waals surface area contributed by atoms with Gasteiger partial charge in [-0.2, -0.15) is 0 Å². The van der Waals surface area contributed by atoms with Gasteiger partial charge < -0.3 is 19.8 Å². The van der Waals surface area contributed by atoms with Crippen LogP contribution >= 0.6 is 23.4 Å². The molecule has 0 saturated carbocycles. The van der Waals surface area contributed by atoms with Gasteiger partial charge in [0.1, 0.15) is 6.04 Å². The lowest BCUT2D eigenvalue weighted by molar-refractivity contribution is -0.145. The first-order chi connectivity index (χ1) is 21.2. The molecule has 5 atom stereocenters. The summed E-state index contributed by atoms with van der Waals surface area (Å²) in [6.45, 7) is 11.5. The van der Waals surface area contributed by atoms with Crippen LogP contribution < -0.4 is 4.90 Å². The molecule has 2 aromatic rings.